The number of aryl methyl sites for hydroxylation is 1. The first-order valence-electron chi connectivity index (χ1n) is 3.63. The van der Waals surface area contributed by atoms with Gasteiger partial charge >= 0.3 is 0 Å². The zero-order valence-electron chi connectivity index (χ0n) is 6.87. The van der Waals surface area contributed by atoms with Gasteiger partial charge in [0.25, 0.3) is 0 Å². The summed E-state index contributed by atoms with van der Waals surface area (Å²) in [6, 6.07) is 0. The lowest BCUT2D eigenvalue weighted by Crippen LogP contribution is -2.06. The highest BCUT2D eigenvalue weighted by molar-refractivity contribution is 7.17. The molecule has 0 spiro atoms. The third-order valence-corrected chi connectivity index (χ3v) is 2.79. The number of nitrogens with zero attached hydrogens (tertiary/aromatic N) is 2. The van der Waals surface area contributed by atoms with E-state index in [0.29, 0.717) is 0 Å². The van der Waals surface area contributed by atoms with Crippen molar-refractivity contribution in [2.45, 2.75) is 13.8 Å². The topological polar surface area (TPSA) is 34.9 Å². The zero-order valence-corrected chi connectivity index (χ0v) is 7.68. The Morgan fingerprint density at radius 1 is 1.67 bits per heavy atom. The molecule has 62 valence electrons. The van der Waals surface area contributed by atoms with Crippen molar-refractivity contribution in [1.82, 2.24) is 9.78 Å². The highest BCUT2D eigenvalue weighted by atomic mass is 32.1. The Labute approximate surface area is 73.6 Å². The summed E-state index contributed by atoms with van der Waals surface area (Å²) >= 11 is 1.62. The number of carbonyl (C=O) groups is 1. The second kappa shape index (κ2) is 2.42. The minimum absolute atomic E-state index is 0.0356. The van der Waals surface area contributed by atoms with Crippen molar-refractivity contribution in [3.63, 3.8) is 0 Å². The van der Waals surface area contributed by atoms with Crippen molar-refractivity contribution < 1.29 is 4.79 Å². The molecular formula is C8H8N2OS. The molecule has 0 atom stereocenters. The van der Waals surface area contributed by atoms with Crippen LogP contribution in [0.15, 0.2) is 11.6 Å². The van der Waals surface area contributed by atoms with E-state index in [0.717, 1.165) is 15.8 Å². The molecule has 2 rings (SSSR count). The minimum Gasteiger partial charge on any atom is -0.273 e. The Hall–Kier alpha value is -1.16. The average Bonchev–Trinajstić information content (AvgIpc) is 2.53. The third kappa shape index (κ3) is 0.881. The number of hydrogen-bond acceptors (Lipinski definition) is 3. The van der Waals surface area contributed by atoms with E-state index in [4.69, 9.17) is 0 Å². The fraction of sp³-hybridized carbons (Fsp3) is 0.250. The van der Waals surface area contributed by atoms with E-state index in [1.165, 1.54) is 11.6 Å². The van der Waals surface area contributed by atoms with E-state index in [2.05, 4.69) is 5.10 Å². The SMILES string of the molecule is CC(=O)n1ncc2scc(C)c21. The maximum atomic E-state index is 11.1. The van der Waals surface area contributed by atoms with Crippen LogP contribution in [-0.2, 0) is 0 Å². The molecule has 0 bridgehead atoms. The molecule has 3 nitrogen and oxygen atoms in total. The summed E-state index contributed by atoms with van der Waals surface area (Å²) in [5.41, 5.74) is 2.07. The number of carbonyl (C=O) groups excluding carboxylic acids is 1. The van der Waals surface area contributed by atoms with Crippen LogP contribution in [0.1, 0.15) is 17.3 Å². The first-order chi connectivity index (χ1) is 5.70. The van der Waals surface area contributed by atoms with Crippen molar-refractivity contribution in [2.24, 2.45) is 0 Å². The van der Waals surface area contributed by atoms with Gasteiger partial charge in [-0.15, -0.1) is 11.3 Å². The van der Waals surface area contributed by atoms with E-state index in [1.807, 2.05) is 12.3 Å². The lowest BCUT2D eigenvalue weighted by atomic mass is 10.3. The van der Waals surface area contributed by atoms with Crippen LogP contribution in [0.25, 0.3) is 10.2 Å². The van der Waals surface area contributed by atoms with Gasteiger partial charge in [-0.3, -0.25) is 4.79 Å². The highest BCUT2D eigenvalue weighted by Crippen LogP contribution is 2.24. The van der Waals surface area contributed by atoms with E-state index in [1.54, 1.807) is 17.5 Å². The molecule has 0 aromatic carbocycles. The molecule has 0 aliphatic heterocycles. The number of aromatic nitrogens is 2. The summed E-state index contributed by atoms with van der Waals surface area (Å²) in [6.45, 7) is 3.50. The summed E-state index contributed by atoms with van der Waals surface area (Å²) in [6.07, 6.45) is 1.73. The zero-order chi connectivity index (χ0) is 8.72. The van der Waals surface area contributed by atoms with Crippen LogP contribution in [0, 0.1) is 6.92 Å². The van der Waals surface area contributed by atoms with Crippen molar-refractivity contribution in [2.75, 3.05) is 0 Å². The second-order valence-corrected chi connectivity index (χ2v) is 3.62. The average molecular weight is 180 g/mol. The maximum absolute atomic E-state index is 11.1. The summed E-state index contributed by atoms with van der Waals surface area (Å²) in [5, 5.41) is 6.03. The van der Waals surface area contributed by atoms with Gasteiger partial charge in [-0.2, -0.15) is 9.78 Å². The van der Waals surface area contributed by atoms with Gasteiger partial charge in [-0.1, -0.05) is 0 Å². The first kappa shape index (κ1) is 7.49. The monoisotopic (exact) mass is 180 g/mol. The predicted molar refractivity (Wildman–Crippen MR) is 48.6 cm³/mol. The molecule has 0 fully saturated rings. The fourth-order valence-electron chi connectivity index (χ4n) is 1.23. The van der Waals surface area contributed by atoms with Crippen LogP contribution in [0.5, 0.6) is 0 Å². The van der Waals surface area contributed by atoms with E-state index >= 15 is 0 Å². The molecule has 0 aliphatic carbocycles. The molecule has 4 heteroatoms. The van der Waals surface area contributed by atoms with Gasteiger partial charge in [0.1, 0.15) is 0 Å². The van der Waals surface area contributed by atoms with Gasteiger partial charge in [0.15, 0.2) is 0 Å². The molecule has 2 aromatic heterocycles. The molecule has 12 heavy (non-hydrogen) atoms. The predicted octanol–water partition coefficient (Wildman–Crippen LogP) is 2.07. The Balaban J connectivity index is 2.83. The van der Waals surface area contributed by atoms with Crippen molar-refractivity contribution in [3.05, 3.63) is 17.1 Å². The van der Waals surface area contributed by atoms with Gasteiger partial charge in [-0.25, -0.2) is 0 Å². The third-order valence-electron chi connectivity index (χ3n) is 1.77. The molecule has 0 saturated carbocycles. The molecular weight excluding hydrogens is 172 g/mol. The van der Waals surface area contributed by atoms with Crippen molar-refractivity contribution in [3.8, 4) is 0 Å². The summed E-state index contributed by atoms with van der Waals surface area (Å²) in [7, 11) is 0. The fourth-order valence-corrected chi connectivity index (χ4v) is 2.11. The first-order valence-corrected chi connectivity index (χ1v) is 4.51. The number of rotatable bonds is 0. The Morgan fingerprint density at radius 3 is 3.08 bits per heavy atom. The molecule has 2 heterocycles. The molecule has 0 aliphatic rings. The standard InChI is InChI=1S/C8H8N2OS/c1-5-4-12-7-3-9-10(6(2)11)8(5)7/h3-4H,1-2H3. The second-order valence-electron chi connectivity index (χ2n) is 2.71. The van der Waals surface area contributed by atoms with Crippen LogP contribution < -0.4 is 0 Å². The Morgan fingerprint density at radius 2 is 2.42 bits per heavy atom. The number of thiophene rings is 1. The number of fused-ring (bicyclic) bond motifs is 1. The smallest absolute Gasteiger partial charge is 0.244 e. The van der Waals surface area contributed by atoms with Crippen LogP contribution >= 0.6 is 11.3 Å². The Kier molecular flexibility index (Phi) is 1.51. The summed E-state index contributed by atoms with van der Waals surface area (Å²) in [4.78, 5) is 11.1. The van der Waals surface area contributed by atoms with E-state index in [9.17, 15) is 4.79 Å². The van der Waals surface area contributed by atoms with Gasteiger partial charge in [-0.05, 0) is 17.9 Å². The summed E-state index contributed by atoms with van der Waals surface area (Å²) in [5.74, 6) is -0.0356. The quantitative estimate of drug-likeness (QED) is 0.622. The molecule has 0 saturated heterocycles. The largest absolute Gasteiger partial charge is 0.273 e. The Bertz CT molecular complexity index is 441. The number of hydrogen-bond donors (Lipinski definition) is 0. The van der Waals surface area contributed by atoms with Crippen molar-refractivity contribution in [1.29, 1.82) is 0 Å². The van der Waals surface area contributed by atoms with Crippen LogP contribution in [0.2, 0.25) is 0 Å². The van der Waals surface area contributed by atoms with Crippen LogP contribution in [0.3, 0.4) is 0 Å². The molecule has 0 unspecified atom stereocenters. The van der Waals surface area contributed by atoms with Gasteiger partial charge < -0.3 is 0 Å². The van der Waals surface area contributed by atoms with Gasteiger partial charge in [0, 0.05) is 6.92 Å². The van der Waals surface area contributed by atoms with Crippen molar-refractivity contribution >= 4 is 27.5 Å². The summed E-state index contributed by atoms with van der Waals surface area (Å²) < 4.78 is 2.52. The molecule has 0 radical (unpaired) electrons. The molecule has 0 amide bonds. The van der Waals surface area contributed by atoms with E-state index < -0.39 is 0 Å². The minimum atomic E-state index is -0.0356. The highest BCUT2D eigenvalue weighted by Gasteiger charge is 2.09. The lowest BCUT2D eigenvalue weighted by molar-refractivity contribution is 0.0926. The maximum Gasteiger partial charge on any atom is 0.244 e. The molecule has 0 N–H and O–H groups in total. The molecule has 2 aromatic rings. The van der Waals surface area contributed by atoms with Crippen LogP contribution in [0.4, 0.5) is 0 Å². The van der Waals surface area contributed by atoms with Crippen LogP contribution in [-0.4, -0.2) is 15.7 Å². The van der Waals surface area contributed by atoms with Gasteiger partial charge in [0.2, 0.25) is 5.91 Å². The lowest BCUT2D eigenvalue weighted by Gasteiger charge is -1.94. The van der Waals surface area contributed by atoms with E-state index in [-0.39, 0.29) is 5.91 Å². The van der Waals surface area contributed by atoms with Gasteiger partial charge in [0.05, 0.1) is 16.4 Å². The normalized spacial score (nSPS) is 10.8.